The van der Waals surface area contributed by atoms with E-state index in [4.69, 9.17) is 9.15 Å². The number of methoxy groups -OCH3 is 1. The van der Waals surface area contributed by atoms with Crippen molar-refractivity contribution in [3.05, 3.63) is 24.2 Å². The third-order valence-electron chi connectivity index (χ3n) is 4.54. The average molecular weight is 350 g/mol. The highest BCUT2D eigenvalue weighted by atomic mass is 16.5. The van der Waals surface area contributed by atoms with E-state index in [2.05, 4.69) is 15.6 Å². The first-order chi connectivity index (χ1) is 12.0. The molecule has 1 aromatic rings. The highest BCUT2D eigenvalue weighted by Crippen LogP contribution is 2.48. The van der Waals surface area contributed by atoms with Gasteiger partial charge in [0.1, 0.15) is 12.3 Å². The summed E-state index contributed by atoms with van der Waals surface area (Å²) in [5.41, 5.74) is 0.311. The molecule has 2 N–H and O–H groups in total. The lowest BCUT2D eigenvalue weighted by atomic mass is 10.0. The molecule has 1 aliphatic carbocycles. The van der Waals surface area contributed by atoms with Gasteiger partial charge in [-0.1, -0.05) is 0 Å². The second kappa shape index (κ2) is 9.46. The number of likely N-dealkylation sites (N-methyl/N-ethyl adjacent to an activating group) is 1. The molecule has 2 rings (SSSR count). The van der Waals surface area contributed by atoms with Crippen LogP contribution < -0.4 is 10.6 Å². The minimum Gasteiger partial charge on any atom is -0.469 e. The van der Waals surface area contributed by atoms with Crippen molar-refractivity contribution in [2.45, 2.75) is 25.7 Å². The number of furan rings is 1. The molecule has 25 heavy (non-hydrogen) atoms. The van der Waals surface area contributed by atoms with E-state index in [1.54, 1.807) is 32.4 Å². The van der Waals surface area contributed by atoms with Crippen LogP contribution in [0.2, 0.25) is 0 Å². The summed E-state index contributed by atoms with van der Waals surface area (Å²) in [6.45, 7) is 2.45. The smallest absolute Gasteiger partial charge is 0.243 e. The monoisotopic (exact) mass is 350 g/mol. The second-order valence-electron chi connectivity index (χ2n) is 6.81. The van der Waals surface area contributed by atoms with Crippen LogP contribution in [0.1, 0.15) is 25.0 Å². The van der Waals surface area contributed by atoms with Crippen LogP contribution in [-0.4, -0.2) is 64.2 Å². The van der Waals surface area contributed by atoms with Crippen LogP contribution in [0.15, 0.2) is 27.8 Å². The van der Waals surface area contributed by atoms with Gasteiger partial charge in [-0.05, 0) is 36.8 Å². The van der Waals surface area contributed by atoms with Crippen molar-refractivity contribution in [2.75, 3.05) is 47.4 Å². The van der Waals surface area contributed by atoms with E-state index in [-0.39, 0.29) is 12.5 Å². The number of rotatable bonds is 10. The highest BCUT2D eigenvalue weighted by molar-refractivity contribution is 5.84. The Kier molecular flexibility index (Phi) is 7.31. The molecule has 0 atom stereocenters. The van der Waals surface area contributed by atoms with Crippen molar-refractivity contribution in [3.63, 3.8) is 0 Å². The van der Waals surface area contributed by atoms with Crippen molar-refractivity contribution in [1.29, 1.82) is 0 Å². The van der Waals surface area contributed by atoms with Gasteiger partial charge in [-0.15, -0.1) is 0 Å². The predicted octanol–water partition coefficient (Wildman–Crippen LogP) is 1.26. The van der Waals surface area contributed by atoms with Crippen LogP contribution in [0.3, 0.4) is 0 Å². The van der Waals surface area contributed by atoms with E-state index in [9.17, 15) is 4.79 Å². The van der Waals surface area contributed by atoms with Crippen LogP contribution in [0.5, 0.6) is 0 Å². The fourth-order valence-electron chi connectivity index (χ4n) is 2.50. The van der Waals surface area contributed by atoms with E-state index in [0.717, 1.165) is 31.8 Å². The Hall–Kier alpha value is -2.02. The molecule has 1 heterocycles. The van der Waals surface area contributed by atoms with Crippen molar-refractivity contribution in [1.82, 2.24) is 15.5 Å². The van der Waals surface area contributed by atoms with Gasteiger partial charge in [0, 0.05) is 47.3 Å². The van der Waals surface area contributed by atoms with E-state index >= 15 is 0 Å². The molecule has 0 bridgehead atoms. The molecule has 1 saturated carbocycles. The number of carbonyl (C=O) groups is 1. The first-order valence-electron chi connectivity index (χ1n) is 8.78. The normalized spacial score (nSPS) is 15.7. The molecule has 7 heteroatoms. The van der Waals surface area contributed by atoms with Gasteiger partial charge in [0.25, 0.3) is 0 Å². The molecule has 1 fully saturated rings. The molecule has 1 aliphatic rings. The van der Waals surface area contributed by atoms with Gasteiger partial charge in [-0.3, -0.25) is 4.79 Å². The van der Waals surface area contributed by atoms with Gasteiger partial charge in [0.05, 0.1) is 6.26 Å². The Bertz CT molecular complexity index is 551. The summed E-state index contributed by atoms with van der Waals surface area (Å²) in [4.78, 5) is 17.8. The molecule has 0 aliphatic heterocycles. The Morgan fingerprint density at radius 3 is 2.80 bits per heavy atom. The average Bonchev–Trinajstić information content (AvgIpc) is 3.18. The van der Waals surface area contributed by atoms with Crippen LogP contribution >= 0.6 is 0 Å². The highest BCUT2D eigenvalue weighted by Gasteiger charge is 2.41. The summed E-state index contributed by atoms with van der Waals surface area (Å²) in [5, 5.41) is 6.67. The van der Waals surface area contributed by atoms with E-state index in [1.807, 2.05) is 12.1 Å². The fraction of sp³-hybridized carbons (Fsp3) is 0.667. The van der Waals surface area contributed by atoms with Crippen molar-refractivity contribution >= 4 is 11.9 Å². The van der Waals surface area contributed by atoms with Gasteiger partial charge >= 0.3 is 0 Å². The SMILES string of the molecule is COCCC1(CNC(=NCC(=O)N(C)C)NCCc2ccco2)CC1. The van der Waals surface area contributed by atoms with Gasteiger partial charge in [0.2, 0.25) is 5.91 Å². The van der Waals surface area contributed by atoms with Gasteiger partial charge in [-0.2, -0.15) is 0 Å². The predicted molar refractivity (Wildman–Crippen MR) is 97.6 cm³/mol. The lowest BCUT2D eigenvalue weighted by Gasteiger charge is -2.18. The number of ether oxygens (including phenoxy) is 1. The number of hydrogen-bond donors (Lipinski definition) is 2. The van der Waals surface area contributed by atoms with Crippen molar-refractivity contribution in [2.24, 2.45) is 10.4 Å². The number of aliphatic imine (C=N–C) groups is 1. The number of amides is 1. The summed E-state index contributed by atoms with van der Waals surface area (Å²) in [6, 6.07) is 3.83. The second-order valence-corrected chi connectivity index (χ2v) is 6.81. The number of nitrogens with one attached hydrogen (secondary N) is 2. The Morgan fingerprint density at radius 1 is 1.40 bits per heavy atom. The molecule has 7 nitrogen and oxygen atoms in total. The Labute approximate surface area is 149 Å². The zero-order chi connectivity index (χ0) is 18.1. The van der Waals surface area contributed by atoms with Crippen molar-refractivity contribution < 1.29 is 13.9 Å². The minimum atomic E-state index is -0.0207. The third-order valence-corrected chi connectivity index (χ3v) is 4.54. The van der Waals surface area contributed by atoms with Crippen LogP contribution in [0.25, 0.3) is 0 Å². The third kappa shape index (κ3) is 6.78. The quantitative estimate of drug-likeness (QED) is 0.491. The first kappa shape index (κ1) is 19.3. The number of hydrogen-bond acceptors (Lipinski definition) is 4. The molecule has 0 saturated heterocycles. The van der Waals surface area contributed by atoms with E-state index in [1.165, 1.54) is 12.8 Å². The van der Waals surface area contributed by atoms with Gasteiger partial charge in [-0.25, -0.2) is 4.99 Å². The number of nitrogens with zero attached hydrogens (tertiary/aromatic N) is 2. The van der Waals surface area contributed by atoms with E-state index < -0.39 is 0 Å². The zero-order valence-electron chi connectivity index (χ0n) is 15.5. The summed E-state index contributed by atoms with van der Waals surface area (Å²) in [7, 11) is 5.21. The Morgan fingerprint density at radius 2 is 2.20 bits per heavy atom. The van der Waals surface area contributed by atoms with Gasteiger partial charge < -0.3 is 24.7 Å². The molecule has 0 aromatic carbocycles. The number of guanidine groups is 1. The maximum absolute atomic E-state index is 11.8. The first-order valence-corrected chi connectivity index (χ1v) is 8.78. The van der Waals surface area contributed by atoms with Crippen LogP contribution in [-0.2, 0) is 16.0 Å². The number of carbonyl (C=O) groups excluding carboxylic acids is 1. The van der Waals surface area contributed by atoms with E-state index in [0.29, 0.717) is 17.9 Å². The Balaban J connectivity index is 1.84. The summed E-state index contributed by atoms with van der Waals surface area (Å²) >= 11 is 0. The fourth-order valence-corrected chi connectivity index (χ4v) is 2.50. The molecule has 0 radical (unpaired) electrons. The van der Waals surface area contributed by atoms with Gasteiger partial charge in [0.15, 0.2) is 5.96 Å². The summed E-state index contributed by atoms with van der Waals surface area (Å²) in [6.07, 6.45) is 5.90. The maximum atomic E-state index is 11.8. The molecule has 140 valence electrons. The summed E-state index contributed by atoms with van der Waals surface area (Å²) in [5.74, 6) is 1.58. The molecule has 1 aromatic heterocycles. The molecular weight excluding hydrogens is 320 g/mol. The standard InChI is InChI=1S/C18H30N4O3/c1-22(2)16(23)13-20-17(19-10-6-15-5-4-11-25-15)21-14-18(7-8-18)9-12-24-3/h4-5,11H,6-10,12-14H2,1-3H3,(H2,19,20,21). The summed E-state index contributed by atoms with van der Waals surface area (Å²) < 4.78 is 10.5. The zero-order valence-corrected chi connectivity index (χ0v) is 15.5. The molecule has 0 unspecified atom stereocenters. The molecule has 1 amide bonds. The minimum absolute atomic E-state index is 0.0207. The lowest BCUT2D eigenvalue weighted by molar-refractivity contribution is -0.127. The van der Waals surface area contributed by atoms with Crippen molar-refractivity contribution in [3.8, 4) is 0 Å². The lowest BCUT2D eigenvalue weighted by Crippen LogP contribution is -2.42. The van der Waals surface area contributed by atoms with Crippen LogP contribution in [0, 0.1) is 5.41 Å². The molecular formula is C18H30N4O3. The maximum Gasteiger partial charge on any atom is 0.243 e. The molecule has 0 spiro atoms. The largest absolute Gasteiger partial charge is 0.469 e. The van der Waals surface area contributed by atoms with Crippen LogP contribution in [0.4, 0.5) is 0 Å². The topological polar surface area (TPSA) is 79.1 Å².